The topological polar surface area (TPSA) is 121 Å². The highest BCUT2D eigenvalue weighted by atomic mass is 35.5. The highest BCUT2D eigenvalue weighted by Crippen LogP contribution is 2.34. The van der Waals surface area contributed by atoms with Gasteiger partial charge in [0.05, 0.1) is 30.9 Å². The maximum atomic E-state index is 13.3. The molecule has 0 spiro atoms. The summed E-state index contributed by atoms with van der Waals surface area (Å²) >= 11 is 6.14. The molecule has 1 saturated heterocycles. The number of amides is 5. The summed E-state index contributed by atoms with van der Waals surface area (Å²) in [7, 11) is 1.50. The fourth-order valence-corrected chi connectivity index (χ4v) is 5.01. The minimum atomic E-state index is -0.551. The molecule has 11 heteroatoms. The minimum absolute atomic E-state index is 0.0417. The van der Waals surface area contributed by atoms with Crippen LogP contribution < -0.4 is 15.4 Å². The predicted octanol–water partition coefficient (Wildman–Crippen LogP) is 3.41. The lowest BCUT2D eigenvalue weighted by Gasteiger charge is -2.46. The van der Waals surface area contributed by atoms with Crippen molar-refractivity contribution in [1.82, 2.24) is 15.1 Å². The predicted molar refractivity (Wildman–Crippen MR) is 131 cm³/mol. The molecule has 2 heterocycles. The fourth-order valence-electron chi connectivity index (χ4n) is 4.75. The standard InChI is InChI=1S/C25H29ClN4O6/c1-35-21-9-8-16(13-19(21)26)28-23(32)15-30-20-7-3-2-6-18(20)24(33)29(25(30)34)11-10-22(31)27-14-17-5-4-12-36-17/h4-5,8-9,12-13,18,20H,2-3,6-7,10-11,14-15H2,1H3,(H,27,31)(H,28,32). The summed E-state index contributed by atoms with van der Waals surface area (Å²) in [4.78, 5) is 54.2. The van der Waals surface area contributed by atoms with E-state index >= 15 is 0 Å². The number of ether oxygens (including phenoxy) is 1. The number of imide groups is 1. The summed E-state index contributed by atoms with van der Waals surface area (Å²) in [5.41, 5.74) is 0.469. The lowest BCUT2D eigenvalue weighted by atomic mass is 9.81. The van der Waals surface area contributed by atoms with E-state index in [-0.39, 0.29) is 49.8 Å². The average molecular weight is 517 g/mol. The van der Waals surface area contributed by atoms with Crippen LogP contribution in [0.1, 0.15) is 37.9 Å². The lowest BCUT2D eigenvalue weighted by molar-refractivity contribution is -0.142. The van der Waals surface area contributed by atoms with Crippen LogP contribution in [-0.4, -0.2) is 59.8 Å². The fraction of sp³-hybridized carbons (Fsp3) is 0.440. The number of hydrogen-bond donors (Lipinski definition) is 2. The van der Waals surface area contributed by atoms with Gasteiger partial charge in [0, 0.05) is 24.7 Å². The minimum Gasteiger partial charge on any atom is -0.495 e. The first kappa shape index (κ1) is 25.6. The molecule has 1 aromatic carbocycles. The molecule has 0 radical (unpaired) electrons. The Hall–Kier alpha value is -3.53. The van der Waals surface area contributed by atoms with Gasteiger partial charge < -0.3 is 24.7 Å². The van der Waals surface area contributed by atoms with E-state index in [1.165, 1.54) is 18.3 Å². The van der Waals surface area contributed by atoms with Crippen molar-refractivity contribution in [2.75, 3.05) is 25.5 Å². The van der Waals surface area contributed by atoms with Gasteiger partial charge in [-0.05, 0) is 43.2 Å². The number of carbonyl (C=O) groups is 4. The Morgan fingerprint density at radius 3 is 2.69 bits per heavy atom. The molecular formula is C25H29ClN4O6. The van der Waals surface area contributed by atoms with E-state index in [9.17, 15) is 19.2 Å². The van der Waals surface area contributed by atoms with E-state index in [2.05, 4.69) is 10.6 Å². The second-order valence-electron chi connectivity index (χ2n) is 8.86. The van der Waals surface area contributed by atoms with E-state index in [1.54, 1.807) is 30.3 Å². The molecule has 1 aliphatic carbocycles. The van der Waals surface area contributed by atoms with Crippen LogP contribution in [0.25, 0.3) is 0 Å². The molecule has 36 heavy (non-hydrogen) atoms. The molecule has 2 aromatic rings. The van der Waals surface area contributed by atoms with E-state index < -0.39 is 11.9 Å². The van der Waals surface area contributed by atoms with Gasteiger partial charge in [0.15, 0.2) is 0 Å². The van der Waals surface area contributed by atoms with E-state index in [4.69, 9.17) is 20.8 Å². The first-order chi connectivity index (χ1) is 17.4. The highest BCUT2D eigenvalue weighted by molar-refractivity contribution is 6.32. The first-order valence-corrected chi connectivity index (χ1v) is 12.3. The Bertz CT molecular complexity index is 1120. The molecule has 5 amide bonds. The first-order valence-electron chi connectivity index (χ1n) is 11.9. The van der Waals surface area contributed by atoms with Gasteiger partial charge in [0.1, 0.15) is 18.1 Å². The number of benzene rings is 1. The second-order valence-corrected chi connectivity index (χ2v) is 9.27. The van der Waals surface area contributed by atoms with Crippen LogP contribution >= 0.6 is 11.6 Å². The number of carbonyl (C=O) groups excluding carboxylic acids is 4. The van der Waals surface area contributed by atoms with E-state index in [1.807, 2.05) is 0 Å². The third-order valence-corrected chi connectivity index (χ3v) is 6.84. The van der Waals surface area contributed by atoms with Crippen LogP contribution in [0.15, 0.2) is 41.0 Å². The molecule has 2 aliphatic rings. The number of furan rings is 1. The molecule has 1 saturated carbocycles. The molecule has 2 fully saturated rings. The van der Waals surface area contributed by atoms with Crippen LogP contribution in [0, 0.1) is 5.92 Å². The Morgan fingerprint density at radius 2 is 1.97 bits per heavy atom. The zero-order valence-electron chi connectivity index (χ0n) is 20.0. The summed E-state index contributed by atoms with van der Waals surface area (Å²) in [5.74, 6) is -0.284. The number of nitrogens with one attached hydrogen (secondary N) is 2. The molecule has 192 valence electrons. The summed E-state index contributed by atoms with van der Waals surface area (Å²) in [6.07, 6.45) is 4.53. The number of halogens is 1. The zero-order chi connectivity index (χ0) is 25.7. The van der Waals surface area contributed by atoms with E-state index in [0.717, 1.165) is 17.7 Å². The normalized spacial score (nSPS) is 19.6. The smallest absolute Gasteiger partial charge is 0.327 e. The van der Waals surface area contributed by atoms with Gasteiger partial charge in [-0.15, -0.1) is 0 Å². The molecule has 1 aliphatic heterocycles. The number of rotatable bonds is 9. The van der Waals surface area contributed by atoms with Crippen molar-refractivity contribution in [3.8, 4) is 5.75 Å². The number of urea groups is 1. The van der Waals surface area contributed by atoms with Crippen LogP contribution in [0.3, 0.4) is 0 Å². The number of nitrogens with zero attached hydrogens (tertiary/aromatic N) is 2. The lowest BCUT2D eigenvalue weighted by Crippen LogP contribution is -2.63. The monoisotopic (exact) mass is 516 g/mol. The van der Waals surface area contributed by atoms with Crippen LogP contribution in [0.2, 0.25) is 5.02 Å². The van der Waals surface area contributed by atoms with Gasteiger partial charge in [-0.2, -0.15) is 0 Å². The van der Waals surface area contributed by atoms with Gasteiger partial charge >= 0.3 is 6.03 Å². The SMILES string of the molecule is COc1ccc(NC(=O)CN2C(=O)N(CCC(=O)NCc3ccco3)C(=O)C3CCCCC32)cc1Cl. The van der Waals surface area contributed by atoms with Crippen molar-refractivity contribution in [2.45, 2.75) is 44.7 Å². The van der Waals surface area contributed by atoms with E-state index in [0.29, 0.717) is 35.1 Å². The van der Waals surface area contributed by atoms with Crippen LogP contribution in [0.5, 0.6) is 5.75 Å². The van der Waals surface area contributed by atoms with Gasteiger partial charge in [-0.25, -0.2) is 4.79 Å². The zero-order valence-corrected chi connectivity index (χ0v) is 20.8. The Morgan fingerprint density at radius 1 is 1.17 bits per heavy atom. The highest BCUT2D eigenvalue weighted by Gasteiger charge is 2.47. The van der Waals surface area contributed by atoms with Gasteiger partial charge in [-0.1, -0.05) is 24.4 Å². The Balaban J connectivity index is 1.40. The summed E-state index contributed by atoms with van der Waals surface area (Å²) in [6.45, 7) is -0.0463. The summed E-state index contributed by atoms with van der Waals surface area (Å²) in [5, 5.41) is 5.82. The third-order valence-electron chi connectivity index (χ3n) is 6.54. The molecular weight excluding hydrogens is 488 g/mol. The van der Waals surface area contributed by atoms with Crippen molar-refractivity contribution >= 4 is 41.0 Å². The maximum absolute atomic E-state index is 13.3. The number of hydrogen-bond acceptors (Lipinski definition) is 6. The molecule has 2 N–H and O–H groups in total. The van der Waals surface area contributed by atoms with Gasteiger partial charge in [-0.3, -0.25) is 19.3 Å². The number of fused-ring (bicyclic) bond motifs is 1. The third kappa shape index (κ3) is 5.81. The van der Waals surface area contributed by atoms with Crippen LogP contribution in [-0.2, 0) is 20.9 Å². The average Bonchev–Trinajstić information content (AvgIpc) is 3.39. The molecule has 0 bridgehead atoms. The van der Waals surface area contributed by atoms with Gasteiger partial charge in [0.2, 0.25) is 17.7 Å². The summed E-state index contributed by atoms with van der Waals surface area (Å²) < 4.78 is 10.3. The van der Waals surface area contributed by atoms with Crippen molar-refractivity contribution in [3.05, 3.63) is 47.4 Å². The second kappa shape index (κ2) is 11.5. The summed E-state index contributed by atoms with van der Waals surface area (Å²) in [6, 6.07) is 7.43. The van der Waals surface area contributed by atoms with Crippen molar-refractivity contribution < 1.29 is 28.3 Å². The van der Waals surface area contributed by atoms with Crippen molar-refractivity contribution in [3.63, 3.8) is 0 Å². The van der Waals surface area contributed by atoms with Crippen molar-refractivity contribution in [2.24, 2.45) is 5.92 Å². The molecule has 2 atom stereocenters. The molecule has 2 unspecified atom stereocenters. The van der Waals surface area contributed by atoms with Crippen LogP contribution in [0.4, 0.5) is 10.5 Å². The van der Waals surface area contributed by atoms with Crippen molar-refractivity contribution in [1.29, 1.82) is 0 Å². The largest absolute Gasteiger partial charge is 0.495 e. The quantitative estimate of drug-likeness (QED) is 0.527. The Kier molecular flexibility index (Phi) is 8.14. The van der Waals surface area contributed by atoms with Gasteiger partial charge in [0.25, 0.3) is 0 Å². The maximum Gasteiger partial charge on any atom is 0.327 e. The molecule has 1 aromatic heterocycles. The number of anilines is 1. The molecule has 4 rings (SSSR count). The molecule has 10 nitrogen and oxygen atoms in total. The number of methoxy groups -OCH3 is 1. The Labute approximate surface area is 213 Å².